The molecule has 18 heavy (non-hydrogen) atoms. The zero-order valence-electron chi connectivity index (χ0n) is 11.1. The van der Waals surface area contributed by atoms with Crippen LogP contribution in [0.1, 0.15) is 31.1 Å². The average molecular weight is 274 g/mol. The maximum Gasteiger partial charge on any atom is 1.00 e. The first-order valence-corrected chi connectivity index (χ1v) is 6.27. The summed E-state index contributed by atoms with van der Waals surface area (Å²) < 4.78 is 0. The number of hydrogen-bond acceptors (Lipinski definition) is 4. The van der Waals surface area contributed by atoms with Crippen LogP contribution < -0.4 is 34.7 Å². The molecular formula is C13H15NaO3S. The van der Waals surface area contributed by atoms with Gasteiger partial charge in [-0.05, 0) is 17.5 Å². The van der Waals surface area contributed by atoms with Crippen LogP contribution in [0.4, 0.5) is 0 Å². The number of benzene rings is 1. The normalized spacial score (nSPS) is 10.6. The maximum absolute atomic E-state index is 11.4. The summed E-state index contributed by atoms with van der Waals surface area (Å²) >= 11 is 1.49. The van der Waals surface area contributed by atoms with Crippen molar-refractivity contribution >= 4 is 23.5 Å². The molecule has 0 bridgehead atoms. The van der Waals surface area contributed by atoms with E-state index < -0.39 is 11.8 Å². The average Bonchev–Trinajstić information content (AvgIpc) is 2.24. The third-order valence-electron chi connectivity index (χ3n) is 1.98. The molecule has 0 radical (unpaired) electrons. The van der Waals surface area contributed by atoms with Crippen LogP contribution >= 0.6 is 11.8 Å². The van der Waals surface area contributed by atoms with Gasteiger partial charge in [0.05, 0.1) is 0 Å². The summed E-state index contributed by atoms with van der Waals surface area (Å²) in [6.07, 6.45) is 0. The number of rotatable bonds is 4. The standard InChI is InChI=1S/C13H16O3S.Na/c1-13(2,3)8-17-10-7-5-4-6-9(10)11(14)12(15)16;/h4-7H,8H2,1-3H3,(H,15,16);/q;+1/p-1. The minimum atomic E-state index is -1.66. The zero-order valence-corrected chi connectivity index (χ0v) is 14.0. The van der Waals surface area contributed by atoms with E-state index in [4.69, 9.17) is 0 Å². The Morgan fingerprint density at radius 3 is 2.28 bits per heavy atom. The second-order valence-corrected chi connectivity index (χ2v) is 5.98. The fourth-order valence-corrected chi connectivity index (χ4v) is 2.26. The molecule has 0 fully saturated rings. The van der Waals surface area contributed by atoms with E-state index in [2.05, 4.69) is 20.8 Å². The van der Waals surface area contributed by atoms with E-state index in [-0.39, 0.29) is 40.5 Å². The third-order valence-corrected chi connectivity index (χ3v) is 3.66. The first-order chi connectivity index (χ1) is 7.81. The Balaban J connectivity index is 0.00000289. The predicted molar refractivity (Wildman–Crippen MR) is 66.0 cm³/mol. The van der Waals surface area contributed by atoms with Gasteiger partial charge in [-0.3, -0.25) is 4.79 Å². The number of carbonyl (C=O) groups is 2. The molecule has 0 spiro atoms. The van der Waals surface area contributed by atoms with Gasteiger partial charge in [-0.2, -0.15) is 0 Å². The minimum absolute atomic E-state index is 0. The second-order valence-electron chi connectivity index (χ2n) is 4.96. The van der Waals surface area contributed by atoms with Gasteiger partial charge in [-0.15, -0.1) is 11.8 Å². The summed E-state index contributed by atoms with van der Waals surface area (Å²) in [5, 5.41) is 10.6. The van der Waals surface area contributed by atoms with E-state index in [1.54, 1.807) is 18.2 Å². The van der Waals surface area contributed by atoms with E-state index in [1.165, 1.54) is 17.8 Å². The minimum Gasteiger partial charge on any atom is -0.541 e. The Morgan fingerprint density at radius 2 is 1.78 bits per heavy atom. The van der Waals surface area contributed by atoms with Crippen LogP contribution in [0.15, 0.2) is 29.2 Å². The molecule has 0 aliphatic heterocycles. The molecule has 0 atom stereocenters. The molecule has 0 saturated carbocycles. The predicted octanol–water partition coefficient (Wildman–Crippen LogP) is -1.24. The quantitative estimate of drug-likeness (QED) is 0.298. The van der Waals surface area contributed by atoms with Gasteiger partial charge in [0.25, 0.3) is 0 Å². The van der Waals surface area contributed by atoms with Gasteiger partial charge in [-0.25, -0.2) is 0 Å². The Labute approximate surface area is 134 Å². The van der Waals surface area contributed by atoms with Gasteiger partial charge >= 0.3 is 29.6 Å². The molecule has 0 unspecified atom stereocenters. The largest absolute Gasteiger partial charge is 1.00 e. The molecular weight excluding hydrogens is 259 g/mol. The Morgan fingerprint density at radius 1 is 1.22 bits per heavy atom. The number of hydrogen-bond donors (Lipinski definition) is 0. The first kappa shape index (κ1) is 17.7. The fraction of sp³-hybridized carbons (Fsp3) is 0.385. The van der Waals surface area contributed by atoms with E-state index in [0.29, 0.717) is 4.90 Å². The molecule has 3 nitrogen and oxygen atoms in total. The summed E-state index contributed by atoms with van der Waals surface area (Å²) in [5.74, 6) is -1.81. The monoisotopic (exact) mass is 274 g/mol. The molecule has 1 rings (SSSR count). The van der Waals surface area contributed by atoms with Crippen molar-refractivity contribution in [2.75, 3.05) is 5.75 Å². The van der Waals surface area contributed by atoms with Crippen LogP contribution in [-0.2, 0) is 4.79 Å². The van der Waals surface area contributed by atoms with Crippen LogP contribution in [0, 0.1) is 5.41 Å². The number of carbonyl (C=O) groups excluding carboxylic acids is 2. The van der Waals surface area contributed by atoms with Crippen molar-refractivity contribution in [1.82, 2.24) is 0 Å². The molecule has 1 aromatic rings. The van der Waals surface area contributed by atoms with Crippen LogP contribution in [0.2, 0.25) is 0 Å². The number of thioether (sulfide) groups is 1. The van der Waals surface area contributed by atoms with Crippen molar-refractivity contribution in [2.45, 2.75) is 25.7 Å². The summed E-state index contributed by atoms with van der Waals surface area (Å²) in [6.45, 7) is 6.26. The second kappa shape index (κ2) is 7.34. The van der Waals surface area contributed by atoms with E-state index >= 15 is 0 Å². The maximum atomic E-state index is 11.4. The summed E-state index contributed by atoms with van der Waals surface area (Å²) in [5.41, 5.74) is 0.323. The molecule has 0 aliphatic carbocycles. The molecule has 5 heteroatoms. The first-order valence-electron chi connectivity index (χ1n) is 5.29. The number of carboxylic acid groups (broad SMARTS) is 1. The van der Waals surface area contributed by atoms with Crippen LogP contribution in [0.25, 0.3) is 0 Å². The molecule has 0 saturated heterocycles. The van der Waals surface area contributed by atoms with Gasteiger partial charge in [0.15, 0.2) is 0 Å². The summed E-state index contributed by atoms with van der Waals surface area (Å²) in [4.78, 5) is 22.7. The van der Waals surface area contributed by atoms with Crippen molar-refractivity contribution in [3.05, 3.63) is 29.8 Å². The molecule has 0 amide bonds. The van der Waals surface area contributed by atoms with Crippen LogP contribution in [-0.4, -0.2) is 17.5 Å². The van der Waals surface area contributed by atoms with Gasteiger partial charge in [0.1, 0.15) is 5.97 Å². The van der Waals surface area contributed by atoms with Crippen molar-refractivity contribution in [3.63, 3.8) is 0 Å². The Kier molecular flexibility index (Phi) is 7.22. The van der Waals surface area contributed by atoms with E-state index in [1.807, 2.05) is 0 Å². The molecule has 92 valence electrons. The zero-order chi connectivity index (χ0) is 13.1. The number of ketones is 1. The third kappa shape index (κ3) is 5.57. The SMILES string of the molecule is CC(C)(C)CSc1ccccc1C(=O)C(=O)[O-].[Na+]. The summed E-state index contributed by atoms with van der Waals surface area (Å²) in [7, 11) is 0. The molecule has 0 aromatic heterocycles. The van der Waals surface area contributed by atoms with Crippen molar-refractivity contribution in [2.24, 2.45) is 5.41 Å². The van der Waals surface area contributed by atoms with Gasteiger partial charge in [0.2, 0.25) is 5.78 Å². The molecule has 1 aromatic carbocycles. The number of Topliss-reactive ketones (excluding diaryl/α,β-unsaturated/α-hetero) is 1. The molecule has 0 N–H and O–H groups in total. The summed E-state index contributed by atoms with van der Waals surface area (Å²) in [6, 6.07) is 6.71. The van der Waals surface area contributed by atoms with Gasteiger partial charge in [-0.1, -0.05) is 32.9 Å². The van der Waals surface area contributed by atoms with Crippen molar-refractivity contribution < 1.29 is 44.3 Å². The number of aliphatic carboxylic acids is 1. The van der Waals surface area contributed by atoms with Crippen LogP contribution in [0.3, 0.4) is 0 Å². The molecule has 0 aliphatic rings. The Hall–Kier alpha value is -0.290. The van der Waals surface area contributed by atoms with Crippen molar-refractivity contribution in [3.8, 4) is 0 Å². The van der Waals surface area contributed by atoms with E-state index in [9.17, 15) is 14.7 Å². The smallest absolute Gasteiger partial charge is 0.541 e. The van der Waals surface area contributed by atoms with Crippen molar-refractivity contribution in [1.29, 1.82) is 0 Å². The van der Waals surface area contributed by atoms with Crippen LogP contribution in [0.5, 0.6) is 0 Å². The van der Waals surface area contributed by atoms with E-state index in [0.717, 1.165) is 5.75 Å². The van der Waals surface area contributed by atoms with Gasteiger partial charge in [0, 0.05) is 16.2 Å². The fourth-order valence-electron chi connectivity index (χ4n) is 1.18. The Bertz CT molecular complexity index is 438. The number of carboxylic acids is 1. The van der Waals surface area contributed by atoms with Gasteiger partial charge < -0.3 is 9.90 Å². The topological polar surface area (TPSA) is 57.2 Å². The molecule has 0 heterocycles.